The molecular weight excluding hydrogens is 314 g/mol. The molecule has 0 heterocycles. The molecule has 25 heavy (non-hydrogen) atoms. The molecule has 2 rings (SSSR count). The van der Waals surface area contributed by atoms with Crippen LogP contribution >= 0.6 is 0 Å². The SMILES string of the molecule is CC(C)(CO)CCCNC(=O)C(O)(c1ccccc1)c1ccccc1. The van der Waals surface area contributed by atoms with Crippen LogP contribution in [0.2, 0.25) is 0 Å². The van der Waals surface area contributed by atoms with Crippen molar-refractivity contribution in [3.8, 4) is 0 Å². The highest BCUT2D eigenvalue weighted by Crippen LogP contribution is 2.30. The molecule has 4 heteroatoms. The van der Waals surface area contributed by atoms with Gasteiger partial charge in [-0.1, -0.05) is 74.5 Å². The van der Waals surface area contributed by atoms with Crippen molar-refractivity contribution in [2.75, 3.05) is 13.2 Å². The fourth-order valence-electron chi connectivity index (χ4n) is 2.76. The third-order valence-electron chi connectivity index (χ3n) is 4.46. The Bertz CT molecular complexity index is 629. The molecule has 0 atom stereocenters. The maximum Gasteiger partial charge on any atom is 0.261 e. The average molecular weight is 341 g/mol. The zero-order valence-electron chi connectivity index (χ0n) is 14.9. The van der Waals surface area contributed by atoms with Crippen molar-refractivity contribution in [3.05, 3.63) is 71.8 Å². The summed E-state index contributed by atoms with van der Waals surface area (Å²) in [5, 5.41) is 23.4. The van der Waals surface area contributed by atoms with Gasteiger partial charge in [-0.05, 0) is 29.4 Å². The number of carbonyl (C=O) groups excluding carboxylic acids is 1. The van der Waals surface area contributed by atoms with Gasteiger partial charge in [-0.15, -0.1) is 0 Å². The molecule has 0 fully saturated rings. The van der Waals surface area contributed by atoms with Crippen molar-refractivity contribution >= 4 is 5.91 Å². The predicted octanol–water partition coefficient (Wildman–Crippen LogP) is 2.84. The van der Waals surface area contributed by atoms with Gasteiger partial charge in [0.15, 0.2) is 5.60 Å². The van der Waals surface area contributed by atoms with Crippen molar-refractivity contribution in [2.24, 2.45) is 5.41 Å². The van der Waals surface area contributed by atoms with E-state index in [1.165, 1.54) is 0 Å². The molecule has 2 aromatic carbocycles. The summed E-state index contributed by atoms with van der Waals surface area (Å²) in [6.45, 7) is 4.53. The van der Waals surface area contributed by atoms with Gasteiger partial charge in [0, 0.05) is 13.2 Å². The number of benzene rings is 2. The van der Waals surface area contributed by atoms with Gasteiger partial charge in [0.1, 0.15) is 0 Å². The molecule has 0 saturated carbocycles. The van der Waals surface area contributed by atoms with Gasteiger partial charge in [-0.3, -0.25) is 4.79 Å². The summed E-state index contributed by atoms with van der Waals surface area (Å²) in [5.74, 6) is -0.438. The quantitative estimate of drug-likeness (QED) is 0.647. The van der Waals surface area contributed by atoms with E-state index in [0.29, 0.717) is 17.7 Å². The Balaban J connectivity index is 2.15. The Morgan fingerprint density at radius 1 is 0.960 bits per heavy atom. The van der Waals surface area contributed by atoms with Crippen LogP contribution in [0.3, 0.4) is 0 Å². The third-order valence-corrected chi connectivity index (χ3v) is 4.46. The Kier molecular flexibility index (Phi) is 6.34. The molecule has 134 valence electrons. The number of hydrogen-bond donors (Lipinski definition) is 3. The lowest BCUT2D eigenvalue weighted by Gasteiger charge is -2.28. The fraction of sp³-hybridized carbons (Fsp3) is 0.381. The van der Waals surface area contributed by atoms with E-state index in [1.807, 2.05) is 26.0 Å². The minimum absolute atomic E-state index is 0.110. The second-order valence-electron chi connectivity index (χ2n) is 7.12. The van der Waals surface area contributed by atoms with E-state index in [2.05, 4.69) is 5.32 Å². The van der Waals surface area contributed by atoms with E-state index in [9.17, 15) is 15.0 Å². The average Bonchev–Trinajstić information content (AvgIpc) is 2.65. The van der Waals surface area contributed by atoms with E-state index in [4.69, 9.17) is 0 Å². The van der Waals surface area contributed by atoms with Crippen LogP contribution in [-0.4, -0.2) is 29.3 Å². The van der Waals surface area contributed by atoms with Gasteiger partial charge in [-0.25, -0.2) is 0 Å². The van der Waals surface area contributed by atoms with E-state index in [-0.39, 0.29) is 12.0 Å². The van der Waals surface area contributed by atoms with Crippen LogP contribution in [0.4, 0.5) is 0 Å². The molecule has 4 nitrogen and oxygen atoms in total. The smallest absolute Gasteiger partial charge is 0.261 e. The predicted molar refractivity (Wildman–Crippen MR) is 99.0 cm³/mol. The summed E-state index contributed by atoms with van der Waals surface area (Å²) in [5.41, 5.74) is -0.821. The summed E-state index contributed by atoms with van der Waals surface area (Å²) >= 11 is 0. The molecular formula is C21H27NO3. The molecule has 0 saturated heterocycles. The molecule has 0 radical (unpaired) electrons. The first-order chi connectivity index (χ1) is 11.9. The summed E-state index contributed by atoms with van der Waals surface area (Å²) in [6.07, 6.45) is 1.53. The number of amides is 1. The number of nitrogens with one attached hydrogen (secondary N) is 1. The van der Waals surface area contributed by atoms with Gasteiger partial charge >= 0.3 is 0 Å². The molecule has 2 aromatic rings. The van der Waals surface area contributed by atoms with E-state index in [1.54, 1.807) is 48.5 Å². The first-order valence-corrected chi connectivity index (χ1v) is 8.63. The highest BCUT2D eigenvalue weighted by Gasteiger charge is 2.39. The van der Waals surface area contributed by atoms with E-state index < -0.39 is 11.5 Å². The van der Waals surface area contributed by atoms with Crippen molar-refractivity contribution in [3.63, 3.8) is 0 Å². The molecule has 0 aliphatic heterocycles. The molecule has 0 aliphatic carbocycles. The Labute approximate surface area is 149 Å². The largest absolute Gasteiger partial charge is 0.396 e. The van der Waals surface area contributed by atoms with Crippen molar-refractivity contribution in [2.45, 2.75) is 32.3 Å². The summed E-state index contributed by atoms with van der Waals surface area (Å²) < 4.78 is 0. The maximum atomic E-state index is 12.8. The normalized spacial score (nSPS) is 12.0. The number of aliphatic hydroxyl groups is 2. The highest BCUT2D eigenvalue weighted by molar-refractivity contribution is 5.90. The zero-order valence-corrected chi connectivity index (χ0v) is 14.9. The fourth-order valence-corrected chi connectivity index (χ4v) is 2.76. The lowest BCUT2D eigenvalue weighted by molar-refractivity contribution is -0.136. The Morgan fingerprint density at radius 3 is 1.88 bits per heavy atom. The van der Waals surface area contributed by atoms with Crippen LogP contribution in [-0.2, 0) is 10.4 Å². The van der Waals surface area contributed by atoms with Crippen molar-refractivity contribution in [1.29, 1.82) is 0 Å². The highest BCUT2D eigenvalue weighted by atomic mass is 16.3. The maximum absolute atomic E-state index is 12.8. The van der Waals surface area contributed by atoms with Gasteiger partial charge in [0.05, 0.1) is 0 Å². The van der Waals surface area contributed by atoms with Gasteiger partial charge in [0.2, 0.25) is 0 Å². The van der Waals surface area contributed by atoms with Crippen LogP contribution in [0.25, 0.3) is 0 Å². The van der Waals surface area contributed by atoms with Crippen molar-refractivity contribution < 1.29 is 15.0 Å². The van der Waals surface area contributed by atoms with Gasteiger partial charge in [0.25, 0.3) is 5.91 Å². The van der Waals surface area contributed by atoms with Crippen molar-refractivity contribution in [1.82, 2.24) is 5.32 Å². The molecule has 3 N–H and O–H groups in total. The minimum atomic E-state index is -1.73. The number of rotatable bonds is 8. The van der Waals surface area contributed by atoms with E-state index in [0.717, 1.165) is 12.8 Å². The van der Waals surface area contributed by atoms with Crippen LogP contribution in [0.5, 0.6) is 0 Å². The van der Waals surface area contributed by atoms with Crippen LogP contribution in [0.15, 0.2) is 60.7 Å². The molecule has 0 bridgehead atoms. The topological polar surface area (TPSA) is 69.6 Å². The second kappa shape index (κ2) is 8.28. The summed E-state index contributed by atoms with van der Waals surface area (Å²) in [4.78, 5) is 12.8. The molecule has 0 unspecified atom stereocenters. The van der Waals surface area contributed by atoms with Crippen LogP contribution in [0.1, 0.15) is 37.8 Å². The van der Waals surface area contributed by atoms with Crippen LogP contribution < -0.4 is 5.32 Å². The lowest BCUT2D eigenvalue weighted by atomic mass is 9.85. The molecule has 0 aliphatic rings. The lowest BCUT2D eigenvalue weighted by Crippen LogP contribution is -2.45. The standard InChI is InChI=1S/C21H27NO3/c1-20(2,16-23)14-9-15-22-19(24)21(25,17-10-5-3-6-11-17)18-12-7-4-8-13-18/h3-8,10-13,23,25H,9,14-16H2,1-2H3,(H,22,24). The van der Waals surface area contributed by atoms with E-state index >= 15 is 0 Å². The number of aliphatic hydroxyl groups excluding tert-OH is 1. The summed E-state index contributed by atoms with van der Waals surface area (Å²) in [7, 11) is 0. The molecule has 0 spiro atoms. The van der Waals surface area contributed by atoms with Gasteiger partial charge < -0.3 is 15.5 Å². The number of carbonyl (C=O) groups is 1. The minimum Gasteiger partial charge on any atom is -0.396 e. The monoisotopic (exact) mass is 341 g/mol. The summed E-state index contributed by atoms with van der Waals surface area (Å²) in [6, 6.07) is 17.9. The molecule has 0 aromatic heterocycles. The zero-order chi connectivity index (χ0) is 18.3. The second-order valence-corrected chi connectivity index (χ2v) is 7.12. The number of hydrogen-bond acceptors (Lipinski definition) is 3. The third kappa shape index (κ3) is 4.68. The molecule has 1 amide bonds. The van der Waals surface area contributed by atoms with Crippen LogP contribution in [0, 0.1) is 5.41 Å². The Morgan fingerprint density at radius 2 is 1.44 bits per heavy atom. The Hall–Kier alpha value is -2.17. The first-order valence-electron chi connectivity index (χ1n) is 8.63. The van der Waals surface area contributed by atoms with Gasteiger partial charge in [-0.2, -0.15) is 0 Å². The first kappa shape index (κ1) is 19.2.